The normalized spacial score (nSPS) is 18.1. The summed E-state index contributed by atoms with van der Waals surface area (Å²) in [4.78, 5) is 24.4. The third-order valence-corrected chi connectivity index (χ3v) is 3.62. The number of rotatable bonds is 5. The van der Waals surface area contributed by atoms with Gasteiger partial charge in [-0.3, -0.25) is 9.59 Å². The highest BCUT2D eigenvalue weighted by Crippen LogP contribution is 2.21. The third-order valence-electron chi connectivity index (χ3n) is 3.38. The number of aryl methyl sites for hydroxylation is 1. The van der Waals surface area contributed by atoms with Crippen molar-refractivity contribution in [3.63, 3.8) is 0 Å². The number of carboxylic acids is 1. The van der Waals surface area contributed by atoms with Gasteiger partial charge in [-0.1, -0.05) is 11.6 Å². The average molecular weight is 328 g/mol. The molecule has 6 nitrogen and oxygen atoms in total. The number of carbonyl (C=O) groups is 2. The van der Waals surface area contributed by atoms with Crippen LogP contribution in [0.25, 0.3) is 0 Å². The smallest absolute Gasteiger partial charge is 0.306 e. The summed E-state index contributed by atoms with van der Waals surface area (Å²) in [6, 6.07) is 5.18. The Kier molecular flexibility index (Phi) is 5.63. The van der Waals surface area contributed by atoms with Gasteiger partial charge in [-0.25, -0.2) is 0 Å². The molecule has 0 unspecified atom stereocenters. The van der Waals surface area contributed by atoms with Gasteiger partial charge in [-0.15, -0.1) is 0 Å². The van der Waals surface area contributed by atoms with Crippen LogP contribution in [0.2, 0.25) is 5.02 Å². The molecule has 0 radical (unpaired) electrons. The summed E-state index contributed by atoms with van der Waals surface area (Å²) in [5, 5.41) is 9.39. The number of morpholine rings is 1. The third kappa shape index (κ3) is 4.61. The van der Waals surface area contributed by atoms with Gasteiger partial charge in [0.05, 0.1) is 19.1 Å². The van der Waals surface area contributed by atoms with Crippen molar-refractivity contribution in [3.05, 3.63) is 28.8 Å². The number of amides is 1. The molecular formula is C15H18ClNO5. The number of carbonyl (C=O) groups excluding carboxylic acids is 1. The second kappa shape index (κ2) is 7.47. The zero-order chi connectivity index (χ0) is 16.1. The monoisotopic (exact) mass is 327 g/mol. The van der Waals surface area contributed by atoms with Crippen LogP contribution in [0, 0.1) is 6.92 Å². The molecule has 22 heavy (non-hydrogen) atoms. The molecule has 1 aromatic carbocycles. The fraction of sp³-hybridized carbons (Fsp3) is 0.467. The number of carboxylic acid groups (broad SMARTS) is 1. The Balaban J connectivity index is 1.87. The number of nitrogens with zero attached hydrogens (tertiary/aromatic N) is 1. The molecule has 1 aliphatic heterocycles. The van der Waals surface area contributed by atoms with Gasteiger partial charge >= 0.3 is 5.97 Å². The lowest BCUT2D eigenvalue weighted by Gasteiger charge is -2.32. The van der Waals surface area contributed by atoms with E-state index < -0.39 is 12.1 Å². The molecule has 0 bridgehead atoms. The number of benzene rings is 1. The highest BCUT2D eigenvalue weighted by atomic mass is 35.5. The van der Waals surface area contributed by atoms with E-state index in [2.05, 4.69) is 0 Å². The first-order valence-electron chi connectivity index (χ1n) is 6.96. The van der Waals surface area contributed by atoms with Gasteiger partial charge in [0.1, 0.15) is 5.75 Å². The van der Waals surface area contributed by atoms with Crippen LogP contribution in [-0.2, 0) is 14.3 Å². The number of hydrogen-bond acceptors (Lipinski definition) is 4. The van der Waals surface area contributed by atoms with Crippen LogP contribution in [0.5, 0.6) is 5.75 Å². The molecule has 1 aromatic rings. The first-order chi connectivity index (χ1) is 10.5. The molecule has 1 fully saturated rings. The Hall–Kier alpha value is -1.79. The van der Waals surface area contributed by atoms with Crippen LogP contribution in [0.15, 0.2) is 18.2 Å². The predicted octanol–water partition coefficient (Wildman–Crippen LogP) is 1.73. The lowest BCUT2D eigenvalue weighted by molar-refractivity contribution is -0.148. The molecule has 1 aliphatic rings. The molecule has 0 spiro atoms. The van der Waals surface area contributed by atoms with Crippen LogP contribution in [0.3, 0.4) is 0 Å². The van der Waals surface area contributed by atoms with E-state index in [0.717, 1.165) is 5.56 Å². The van der Waals surface area contributed by atoms with Gasteiger partial charge in [0.15, 0.2) is 6.61 Å². The van der Waals surface area contributed by atoms with Gasteiger partial charge in [0.2, 0.25) is 0 Å². The first kappa shape index (κ1) is 16.6. The van der Waals surface area contributed by atoms with Crippen molar-refractivity contribution < 1.29 is 24.2 Å². The largest absolute Gasteiger partial charge is 0.483 e. The van der Waals surface area contributed by atoms with E-state index in [1.54, 1.807) is 23.1 Å². The van der Waals surface area contributed by atoms with Crippen LogP contribution >= 0.6 is 11.6 Å². The van der Waals surface area contributed by atoms with Crippen molar-refractivity contribution >= 4 is 23.5 Å². The summed E-state index contributed by atoms with van der Waals surface area (Å²) in [6.45, 7) is 2.81. The Morgan fingerprint density at radius 3 is 2.95 bits per heavy atom. The van der Waals surface area contributed by atoms with Gasteiger partial charge in [-0.05, 0) is 30.7 Å². The molecule has 7 heteroatoms. The Labute approximate surface area is 133 Å². The Morgan fingerprint density at radius 2 is 2.27 bits per heavy atom. The number of hydrogen-bond donors (Lipinski definition) is 1. The summed E-state index contributed by atoms with van der Waals surface area (Å²) >= 11 is 5.87. The van der Waals surface area contributed by atoms with Crippen molar-refractivity contribution in [1.29, 1.82) is 0 Å². The van der Waals surface area contributed by atoms with Crippen molar-refractivity contribution in [1.82, 2.24) is 4.90 Å². The van der Waals surface area contributed by atoms with Crippen molar-refractivity contribution in [2.45, 2.75) is 19.4 Å². The van der Waals surface area contributed by atoms with Gasteiger partial charge in [-0.2, -0.15) is 0 Å². The number of halogens is 1. The molecule has 1 N–H and O–H groups in total. The van der Waals surface area contributed by atoms with E-state index in [4.69, 9.17) is 26.2 Å². The minimum atomic E-state index is -0.938. The second-order valence-electron chi connectivity index (χ2n) is 5.13. The van der Waals surface area contributed by atoms with Crippen LogP contribution in [0.1, 0.15) is 12.0 Å². The standard InChI is InChI=1S/C15H18ClNO5/c1-10-6-11(16)2-3-13(10)22-9-14(18)17-4-5-21-12(8-17)7-15(19)20/h2-3,6,12H,4-5,7-9H2,1H3,(H,19,20)/t12-/m1/s1. The fourth-order valence-electron chi connectivity index (χ4n) is 2.27. The summed E-state index contributed by atoms with van der Waals surface area (Å²) in [6.07, 6.45) is -0.575. The van der Waals surface area contributed by atoms with Crippen molar-refractivity contribution in [2.24, 2.45) is 0 Å². The van der Waals surface area contributed by atoms with E-state index in [9.17, 15) is 9.59 Å². The second-order valence-corrected chi connectivity index (χ2v) is 5.57. The summed E-state index contributed by atoms with van der Waals surface area (Å²) in [5.74, 6) is -0.520. The zero-order valence-electron chi connectivity index (χ0n) is 12.3. The highest BCUT2D eigenvalue weighted by molar-refractivity contribution is 6.30. The molecule has 120 valence electrons. The van der Waals surface area contributed by atoms with Crippen LogP contribution in [-0.4, -0.2) is 54.3 Å². The Morgan fingerprint density at radius 1 is 1.50 bits per heavy atom. The zero-order valence-corrected chi connectivity index (χ0v) is 13.0. The van der Waals surface area contributed by atoms with Crippen molar-refractivity contribution in [3.8, 4) is 5.75 Å². The van der Waals surface area contributed by atoms with Crippen LogP contribution < -0.4 is 4.74 Å². The molecule has 0 aliphatic carbocycles. The van der Waals surface area contributed by atoms with Crippen LogP contribution in [0.4, 0.5) is 0 Å². The van der Waals surface area contributed by atoms with E-state index >= 15 is 0 Å². The quantitative estimate of drug-likeness (QED) is 0.891. The van der Waals surface area contributed by atoms with Crippen molar-refractivity contribution in [2.75, 3.05) is 26.3 Å². The maximum absolute atomic E-state index is 12.2. The number of aliphatic carboxylic acids is 1. The molecule has 0 aromatic heterocycles. The maximum atomic E-state index is 12.2. The molecular weight excluding hydrogens is 310 g/mol. The van der Waals surface area contributed by atoms with Gasteiger partial charge in [0, 0.05) is 18.1 Å². The lowest BCUT2D eigenvalue weighted by atomic mass is 10.2. The highest BCUT2D eigenvalue weighted by Gasteiger charge is 2.26. The van der Waals surface area contributed by atoms with E-state index in [0.29, 0.717) is 23.9 Å². The SMILES string of the molecule is Cc1cc(Cl)ccc1OCC(=O)N1CCO[C@H](CC(=O)O)C1. The topological polar surface area (TPSA) is 76.1 Å². The molecule has 1 heterocycles. The molecule has 2 rings (SSSR count). The molecule has 1 amide bonds. The maximum Gasteiger partial charge on any atom is 0.306 e. The first-order valence-corrected chi connectivity index (χ1v) is 7.33. The predicted molar refractivity (Wildman–Crippen MR) is 80.3 cm³/mol. The average Bonchev–Trinajstić information content (AvgIpc) is 2.45. The summed E-state index contributed by atoms with van der Waals surface area (Å²) < 4.78 is 10.9. The molecule has 1 saturated heterocycles. The molecule has 0 saturated carbocycles. The lowest BCUT2D eigenvalue weighted by Crippen LogP contribution is -2.47. The Bertz CT molecular complexity index is 563. The number of ether oxygens (including phenoxy) is 2. The van der Waals surface area contributed by atoms with Gasteiger partial charge < -0.3 is 19.5 Å². The summed E-state index contributed by atoms with van der Waals surface area (Å²) in [7, 11) is 0. The minimum Gasteiger partial charge on any atom is -0.483 e. The van der Waals surface area contributed by atoms with E-state index in [1.807, 2.05) is 6.92 Å². The van der Waals surface area contributed by atoms with E-state index in [-0.39, 0.29) is 25.5 Å². The molecule has 1 atom stereocenters. The fourth-order valence-corrected chi connectivity index (χ4v) is 2.50. The van der Waals surface area contributed by atoms with Gasteiger partial charge in [0.25, 0.3) is 5.91 Å². The van der Waals surface area contributed by atoms with E-state index in [1.165, 1.54) is 0 Å². The summed E-state index contributed by atoms with van der Waals surface area (Å²) in [5.41, 5.74) is 0.853. The minimum absolute atomic E-state index is 0.0950.